The number of hydrogen-bond donors (Lipinski definition) is 1. The van der Waals surface area contributed by atoms with Gasteiger partial charge < -0.3 is 10.2 Å². The molecule has 1 aromatic heterocycles. The summed E-state index contributed by atoms with van der Waals surface area (Å²) in [6.07, 6.45) is 3.51. The van der Waals surface area contributed by atoms with Crippen LogP contribution >= 0.6 is 0 Å². The number of nitrogens with one attached hydrogen (secondary N) is 1. The number of hydrogen-bond acceptors (Lipinski definition) is 4. The molecular formula is C19H26N4O. The van der Waals surface area contributed by atoms with Crippen molar-refractivity contribution in [2.45, 2.75) is 40.2 Å². The SMILES string of the molecule is CCCN(CCC)C(=O)c1ccnc(NCc2ccccc2C)n1. The Bertz CT molecular complexity index is 666. The van der Waals surface area contributed by atoms with Crippen molar-refractivity contribution in [1.82, 2.24) is 14.9 Å². The summed E-state index contributed by atoms with van der Waals surface area (Å²) in [7, 11) is 0. The monoisotopic (exact) mass is 326 g/mol. The molecule has 1 heterocycles. The van der Waals surface area contributed by atoms with Crippen molar-refractivity contribution >= 4 is 11.9 Å². The molecule has 1 N–H and O–H groups in total. The topological polar surface area (TPSA) is 58.1 Å². The summed E-state index contributed by atoms with van der Waals surface area (Å²) < 4.78 is 0. The molecule has 5 heteroatoms. The number of carbonyl (C=O) groups excluding carboxylic acids is 1. The molecule has 0 fully saturated rings. The van der Waals surface area contributed by atoms with Crippen molar-refractivity contribution in [2.75, 3.05) is 18.4 Å². The third-order valence-corrected chi connectivity index (χ3v) is 3.85. The summed E-state index contributed by atoms with van der Waals surface area (Å²) in [5.74, 6) is 0.456. The molecule has 0 bridgehead atoms. The molecule has 24 heavy (non-hydrogen) atoms. The molecule has 1 aromatic carbocycles. The third-order valence-electron chi connectivity index (χ3n) is 3.85. The second-order valence-electron chi connectivity index (χ2n) is 5.84. The van der Waals surface area contributed by atoms with Crippen LogP contribution in [0.5, 0.6) is 0 Å². The molecule has 0 aliphatic rings. The highest BCUT2D eigenvalue weighted by molar-refractivity contribution is 5.92. The Balaban J connectivity index is 2.07. The number of aryl methyl sites for hydroxylation is 1. The van der Waals surface area contributed by atoms with Gasteiger partial charge in [-0.25, -0.2) is 9.97 Å². The minimum absolute atomic E-state index is 0.0277. The zero-order chi connectivity index (χ0) is 17.4. The fourth-order valence-corrected chi connectivity index (χ4v) is 2.56. The molecule has 128 valence electrons. The summed E-state index contributed by atoms with van der Waals surface area (Å²) in [6.45, 7) is 8.37. The molecular weight excluding hydrogens is 300 g/mol. The minimum atomic E-state index is -0.0277. The molecule has 0 atom stereocenters. The van der Waals surface area contributed by atoms with Gasteiger partial charge in [-0.15, -0.1) is 0 Å². The lowest BCUT2D eigenvalue weighted by atomic mass is 10.1. The van der Waals surface area contributed by atoms with Gasteiger partial charge in [0.05, 0.1) is 0 Å². The normalized spacial score (nSPS) is 10.5. The lowest BCUT2D eigenvalue weighted by Crippen LogP contribution is -2.33. The van der Waals surface area contributed by atoms with Crippen molar-refractivity contribution in [2.24, 2.45) is 0 Å². The van der Waals surface area contributed by atoms with Crippen molar-refractivity contribution in [3.05, 3.63) is 53.3 Å². The molecule has 0 saturated carbocycles. The predicted molar refractivity (Wildman–Crippen MR) is 97.0 cm³/mol. The van der Waals surface area contributed by atoms with E-state index in [1.165, 1.54) is 11.1 Å². The van der Waals surface area contributed by atoms with Crippen LogP contribution < -0.4 is 5.32 Å². The summed E-state index contributed by atoms with van der Waals surface area (Å²) in [5, 5.41) is 3.21. The highest BCUT2D eigenvalue weighted by Crippen LogP contribution is 2.10. The van der Waals surface area contributed by atoms with Gasteiger partial charge in [-0.1, -0.05) is 38.1 Å². The van der Waals surface area contributed by atoms with Crippen LogP contribution in [0.2, 0.25) is 0 Å². The van der Waals surface area contributed by atoms with Crippen LogP contribution in [-0.2, 0) is 6.54 Å². The first-order chi connectivity index (χ1) is 11.7. The van der Waals surface area contributed by atoms with E-state index < -0.39 is 0 Å². The van der Waals surface area contributed by atoms with Gasteiger partial charge in [0.1, 0.15) is 5.69 Å². The lowest BCUT2D eigenvalue weighted by Gasteiger charge is -2.21. The van der Waals surface area contributed by atoms with Gasteiger partial charge >= 0.3 is 0 Å². The molecule has 2 rings (SSSR count). The van der Waals surface area contributed by atoms with Gasteiger partial charge in [0.2, 0.25) is 5.95 Å². The fraction of sp³-hybridized carbons (Fsp3) is 0.421. The summed E-state index contributed by atoms with van der Waals surface area (Å²) in [4.78, 5) is 23.1. The maximum absolute atomic E-state index is 12.6. The largest absolute Gasteiger partial charge is 0.350 e. The van der Waals surface area contributed by atoms with Crippen molar-refractivity contribution in [3.63, 3.8) is 0 Å². The molecule has 5 nitrogen and oxygen atoms in total. The van der Waals surface area contributed by atoms with Crippen LogP contribution in [0, 0.1) is 6.92 Å². The van der Waals surface area contributed by atoms with Crippen LogP contribution in [0.1, 0.15) is 48.3 Å². The quantitative estimate of drug-likeness (QED) is 0.804. The summed E-state index contributed by atoms with van der Waals surface area (Å²) in [6, 6.07) is 9.86. The van der Waals surface area contributed by atoms with E-state index in [2.05, 4.69) is 48.2 Å². The van der Waals surface area contributed by atoms with Crippen molar-refractivity contribution < 1.29 is 4.79 Å². The van der Waals surface area contributed by atoms with E-state index in [1.54, 1.807) is 12.3 Å². The number of carbonyl (C=O) groups is 1. The first-order valence-corrected chi connectivity index (χ1v) is 8.56. The highest BCUT2D eigenvalue weighted by Gasteiger charge is 2.16. The van der Waals surface area contributed by atoms with Crippen LogP contribution in [-0.4, -0.2) is 33.9 Å². The van der Waals surface area contributed by atoms with Gasteiger partial charge in [0.25, 0.3) is 5.91 Å². The average molecular weight is 326 g/mol. The maximum atomic E-state index is 12.6. The van der Waals surface area contributed by atoms with E-state index in [0.29, 0.717) is 18.2 Å². The zero-order valence-electron chi connectivity index (χ0n) is 14.7. The predicted octanol–water partition coefficient (Wildman–Crippen LogP) is 3.66. The Morgan fingerprint density at radius 2 is 1.83 bits per heavy atom. The first kappa shape index (κ1) is 17.9. The zero-order valence-corrected chi connectivity index (χ0v) is 14.7. The van der Waals surface area contributed by atoms with E-state index in [4.69, 9.17) is 0 Å². The van der Waals surface area contributed by atoms with E-state index in [-0.39, 0.29) is 5.91 Å². The third kappa shape index (κ3) is 4.78. The van der Waals surface area contributed by atoms with Gasteiger partial charge in [-0.3, -0.25) is 4.79 Å². The van der Waals surface area contributed by atoms with Gasteiger partial charge in [0, 0.05) is 25.8 Å². The number of anilines is 1. The van der Waals surface area contributed by atoms with Crippen LogP contribution in [0.3, 0.4) is 0 Å². The van der Waals surface area contributed by atoms with E-state index in [9.17, 15) is 4.79 Å². The lowest BCUT2D eigenvalue weighted by molar-refractivity contribution is 0.0749. The maximum Gasteiger partial charge on any atom is 0.272 e. The Morgan fingerprint density at radius 1 is 1.12 bits per heavy atom. The second kappa shape index (κ2) is 9.01. The Labute approximate surface area is 144 Å². The standard InChI is InChI=1S/C19H26N4O/c1-4-12-23(13-5-2)18(24)17-10-11-20-19(22-17)21-14-16-9-7-6-8-15(16)3/h6-11H,4-5,12-14H2,1-3H3,(H,20,21,22). The van der Waals surface area contributed by atoms with Crippen LogP contribution in [0.15, 0.2) is 36.5 Å². The molecule has 2 aromatic rings. The van der Waals surface area contributed by atoms with E-state index in [0.717, 1.165) is 25.9 Å². The van der Waals surface area contributed by atoms with Crippen molar-refractivity contribution in [3.8, 4) is 0 Å². The Morgan fingerprint density at radius 3 is 2.50 bits per heavy atom. The molecule has 0 aliphatic heterocycles. The highest BCUT2D eigenvalue weighted by atomic mass is 16.2. The van der Waals surface area contributed by atoms with Gasteiger partial charge in [0.15, 0.2) is 0 Å². The number of nitrogens with zero attached hydrogens (tertiary/aromatic N) is 3. The molecule has 0 aliphatic carbocycles. The average Bonchev–Trinajstić information content (AvgIpc) is 2.60. The van der Waals surface area contributed by atoms with Gasteiger partial charge in [-0.05, 0) is 37.0 Å². The second-order valence-corrected chi connectivity index (χ2v) is 5.84. The fourth-order valence-electron chi connectivity index (χ4n) is 2.56. The van der Waals surface area contributed by atoms with Crippen LogP contribution in [0.4, 0.5) is 5.95 Å². The van der Waals surface area contributed by atoms with Gasteiger partial charge in [-0.2, -0.15) is 0 Å². The van der Waals surface area contributed by atoms with E-state index in [1.807, 2.05) is 17.0 Å². The molecule has 0 spiro atoms. The smallest absolute Gasteiger partial charge is 0.272 e. The summed E-state index contributed by atoms with van der Waals surface area (Å²) >= 11 is 0. The number of aromatic nitrogens is 2. The molecule has 0 radical (unpaired) electrons. The Kier molecular flexibility index (Phi) is 6.73. The molecule has 1 amide bonds. The van der Waals surface area contributed by atoms with E-state index >= 15 is 0 Å². The Hall–Kier alpha value is -2.43. The van der Waals surface area contributed by atoms with Crippen LogP contribution in [0.25, 0.3) is 0 Å². The molecule has 0 saturated heterocycles. The van der Waals surface area contributed by atoms with Crippen molar-refractivity contribution in [1.29, 1.82) is 0 Å². The first-order valence-electron chi connectivity index (χ1n) is 8.56. The number of benzene rings is 1. The molecule has 0 unspecified atom stereocenters. The number of amides is 1. The summed E-state index contributed by atoms with van der Waals surface area (Å²) in [5.41, 5.74) is 2.85. The number of rotatable bonds is 8. The minimum Gasteiger partial charge on any atom is -0.350 e.